The maximum Gasteiger partial charge on any atom is 0.0118 e. The largest absolute Gasteiger partial charge is 0.391 e. The molecule has 0 aliphatic carbocycles. The van der Waals surface area contributed by atoms with E-state index in [1.807, 2.05) is 7.05 Å². The molecular weight excluding hydrogens is 122 g/mol. The maximum absolute atomic E-state index is 3.20. The molecule has 0 saturated carbocycles. The van der Waals surface area contributed by atoms with Crippen LogP contribution >= 0.6 is 0 Å². The van der Waals surface area contributed by atoms with E-state index in [1.165, 1.54) is 5.70 Å². The molecule has 1 N–H and O–H groups in total. The summed E-state index contributed by atoms with van der Waals surface area (Å²) in [6.07, 6.45) is 3.34. The zero-order chi connectivity index (χ0) is 8.20. The van der Waals surface area contributed by atoms with Crippen molar-refractivity contribution in [3.8, 4) is 0 Å². The van der Waals surface area contributed by atoms with Crippen LogP contribution in [0.5, 0.6) is 0 Å². The third-order valence-corrected chi connectivity index (χ3v) is 1.49. The van der Waals surface area contributed by atoms with Gasteiger partial charge in [-0.05, 0) is 6.42 Å². The molecule has 0 aromatic heterocycles. The molecule has 0 fully saturated rings. The standard InChI is InChI=1S/C9H19N/c1-6-7-8(10-5)9(2,3)4/h7,10H,6H2,1-5H3/b8-7-. The predicted octanol–water partition coefficient (Wildman–Crippen LogP) is 2.55. The van der Waals surface area contributed by atoms with Crippen LogP contribution in [0.1, 0.15) is 34.1 Å². The molecule has 1 nitrogen and oxygen atoms in total. The van der Waals surface area contributed by atoms with Crippen molar-refractivity contribution in [3.63, 3.8) is 0 Å². The molecule has 0 spiro atoms. The molecule has 0 saturated heterocycles. The summed E-state index contributed by atoms with van der Waals surface area (Å²) in [4.78, 5) is 0. The van der Waals surface area contributed by atoms with Gasteiger partial charge in [-0.2, -0.15) is 0 Å². The number of hydrogen-bond donors (Lipinski definition) is 1. The fourth-order valence-corrected chi connectivity index (χ4v) is 0.987. The zero-order valence-electron chi connectivity index (χ0n) is 7.78. The van der Waals surface area contributed by atoms with E-state index in [4.69, 9.17) is 0 Å². The van der Waals surface area contributed by atoms with Gasteiger partial charge in [0.05, 0.1) is 0 Å². The molecule has 0 aliphatic heterocycles. The van der Waals surface area contributed by atoms with Gasteiger partial charge in [0.2, 0.25) is 0 Å². The van der Waals surface area contributed by atoms with E-state index < -0.39 is 0 Å². The highest BCUT2D eigenvalue weighted by Crippen LogP contribution is 2.22. The second kappa shape index (κ2) is 3.65. The van der Waals surface area contributed by atoms with E-state index in [0.717, 1.165) is 6.42 Å². The lowest BCUT2D eigenvalue weighted by Gasteiger charge is -2.22. The Morgan fingerprint density at radius 1 is 1.40 bits per heavy atom. The number of nitrogens with one attached hydrogen (secondary N) is 1. The molecule has 0 aromatic carbocycles. The van der Waals surface area contributed by atoms with Crippen LogP contribution in [0.25, 0.3) is 0 Å². The molecule has 0 aliphatic rings. The van der Waals surface area contributed by atoms with E-state index >= 15 is 0 Å². The highest BCUT2D eigenvalue weighted by atomic mass is 14.8. The monoisotopic (exact) mass is 141 g/mol. The third-order valence-electron chi connectivity index (χ3n) is 1.49. The van der Waals surface area contributed by atoms with Crippen LogP contribution in [0.2, 0.25) is 0 Å². The summed E-state index contributed by atoms with van der Waals surface area (Å²) in [5, 5.41) is 3.20. The summed E-state index contributed by atoms with van der Waals surface area (Å²) in [5.74, 6) is 0. The van der Waals surface area contributed by atoms with E-state index in [-0.39, 0.29) is 5.41 Å². The molecule has 1 heteroatoms. The Hall–Kier alpha value is -0.460. The normalized spacial score (nSPS) is 13.5. The topological polar surface area (TPSA) is 12.0 Å². The molecule has 0 unspecified atom stereocenters. The van der Waals surface area contributed by atoms with Crippen LogP contribution < -0.4 is 5.32 Å². The number of rotatable bonds is 2. The summed E-state index contributed by atoms with van der Waals surface area (Å²) in [7, 11) is 1.98. The average Bonchev–Trinajstić information content (AvgIpc) is 1.80. The smallest absolute Gasteiger partial charge is 0.0118 e. The quantitative estimate of drug-likeness (QED) is 0.623. The van der Waals surface area contributed by atoms with Crippen molar-refractivity contribution in [3.05, 3.63) is 11.8 Å². The van der Waals surface area contributed by atoms with Gasteiger partial charge in [0, 0.05) is 18.2 Å². The van der Waals surface area contributed by atoms with Gasteiger partial charge in [-0.15, -0.1) is 0 Å². The van der Waals surface area contributed by atoms with E-state index in [0.29, 0.717) is 0 Å². The summed E-state index contributed by atoms with van der Waals surface area (Å²) in [6.45, 7) is 8.80. The van der Waals surface area contributed by atoms with Crippen LogP contribution in [0, 0.1) is 5.41 Å². The molecule has 0 bridgehead atoms. The molecule has 0 radical (unpaired) electrons. The Morgan fingerprint density at radius 3 is 2.00 bits per heavy atom. The highest BCUT2D eigenvalue weighted by Gasteiger charge is 2.13. The minimum atomic E-state index is 0.269. The van der Waals surface area contributed by atoms with Gasteiger partial charge in [0.15, 0.2) is 0 Å². The molecule has 0 atom stereocenters. The Bertz CT molecular complexity index is 117. The lowest BCUT2D eigenvalue weighted by molar-refractivity contribution is 0.470. The number of allylic oxidation sites excluding steroid dienone is 2. The summed E-state index contributed by atoms with van der Waals surface area (Å²) in [6, 6.07) is 0. The van der Waals surface area contributed by atoms with Crippen LogP contribution in [-0.4, -0.2) is 7.05 Å². The fraction of sp³-hybridized carbons (Fsp3) is 0.778. The van der Waals surface area contributed by atoms with Gasteiger partial charge in [-0.25, -0.2) is 0 Å². The molecule has 10 heavy (non-hydrogen) atoms. The Labute approximate surface area is 64.5 Å². The first-order chi connectivity index (χ1) is 4.52. The summed E-state index contributed by atoms with van der Waals surface area (Å²) >= 11 is 0. The molecule has 0 heterocycles. The molecule has 0 aromatic rings. The first-order valence-corrected chi connectivity index (χ1v) is 3.90. The molecule has 60 valence electrons. The SMILES string of the molecule is CC/C=C(\NC)C(C)(C)C. The van der Waals surface area contributed by atoms with Crippen molar-refractivity contribution in [2.45, 2.75) is 34.1 Å². The fourth-order valence-electron chi connectivity index (χ4n) is 0.987. The van der Waals surface area contributed by atoms with Gasteiger partial charge < -0.3 is 5.32 Å². The van der Waals surface area contributed by atoms with Crippen molar-refractivity contribution < 1.29 is 0 Å². The molecule has 0 amide bonds. The van der Waals surface area contributed by atoms with Crippen molar-refractivity contribution in [1.82, 2.24) is 5.32 Å². The van der Waals surface area contributed by atoms with E-state index in [9.17, 15) is 0 Å². The summed E-state index contributed by atoms with van der Waals surface area (Å²) in [5.41, 5.74) is 1.60. The Balaban J connectivity index is 4.21. The van der Waals surface area contributed by atoms with E-state index in [2.05, 4.69) is 39.1 Å². The van der Waals surface area contributed by atoms with Gasteiger partial charge in [0.25, 0.3) is 0 Å². The van der Waals surface area contributed by atoms with Crippen molar-refractivity contribution in [1.29, 1.82) is 0 Å². The highest BCUT2D eigenvalue weighted by molar-refractivity contribution is 5.07. The maximum atomic E-state index is 3.20. The van der Waals surface area contributed by atoms with Crippen LogP contribution in [-0.2, 0) is 0 Å². The molecular formula is C9H19N. The first kappa shape index (κ1) is 9.54. The van der Waals surface area contributed by atoms with Crippen molar-refractivity contribution in [2.24, 2.45) is 5.41 Å². The Kier molecular flexibility index (Phi) is 3.48. The predicted molar refractivity (Wildman–Crippen MR) is 46.9 cm³/mol. The lowest BCUT2D eigenvalue weighted by Crippen LogP contribution is -2.20. The average molecular weight is 141 g/mol. The Morgan fingerprint density at radius 2 is 1.90 bits per heavy atom. The second-order valence-corrected chi connectivity index (χ2v) is 3.53. The third kappa shape index (κ3) is 2.90. The van der Waals surface area contributed by atoms with Crippen molar-refractivity contribution >= 4 is 0 Å². The van der Waals surface area contributed by atoms with Crippen molar-refractivity contribution in [2.75, 3.05) is 7.05 Å². The second-order valence-electron chi connectivity index (χ2n) is 3.53. The van der Waals surface area contributed by atoms with Crippen LogP contribution in [0.4, 0.5) is 0 Å². The molecule has 0 rings (SSSR count). The van der Waals surface area contributed by atoms with Crippen LogP contribution in [0.3, 0.4) is 0 Å². The lowest BCUT2D eigenvalue weighted by atomic mass is 9.91. The van der Waals surface area contributed by atoms with Gasteiger partial charge >= 0.3 is 0 Å². The van der Waals surface area contributed by atoms with Gasteiger partial charge in [-0.3, -0.25) is 0 Å². The first-order valence-electron chi connectivity index (χ1n) is 3.90. The van der Waals surface area contributed by atoms with E-state index in [1.54, 1.807) is 0 Å². The summed E-state index contributed by atoms with van der Waals surface area (Å²) < 4.78 is 0. The number of hydrogen-bond acceptors (Lipinski definition) is 1. The van der Waals surface area contributed by atoms with Gasteiger partial charge in [0.1, 0.15) is 0 Å². The van der Waals surface area contributed by atoms with Crippen LogP contribution in [0.15, 0.2) is 11.8 Å². The zero-order valence-corrected chi connectivity index (χ0v) is 7.78. The minimum Gasteiger partial charge on any atom is -0.391 e. The minimum absolute atomic E-state index is 0.269. The van der Waals surface area contributed by atoms with Gasteiger partial charge in [-0.1, -0.05) is 33.8 Å².